The van der Waals surface area contributed by atoms with E-state index in [1.807, 2.05) is 12.1 Å². The number of aromatic nitrogens is 1. The Morgan fingerprint density at radius 3 is 2.94 bits per heavy atom. The van der Waals surface area contributed by atoms with Crippen molar-refractivity contribution in [3.63, 3.8) is 0 Å². The lowest BCUT2D eigenvalue weighted by Gasteiger charge is -2.34. The molecule has 0 radical (unpaired) electrons. The van der Waals surface area contributed by atoms with E-state index in [1.54, 1.807) is 6.20 Å². The van der Waals surface area contributed by atoms with Gasteiger partial charge >= 0.3 is 0 Å². The Labute approximate surface area is 107 Å². The first-order valence-electron chi connectivity index (χ1n) is 6.28. The first-order valence-corrected chi connectivity index (χ1v) is 6.28. The molecule has 1 aliphatic rings. The number of hydrogen-bond acceptors (Lipinski definition) is 3. The highest BCUT2D eigenvalue weighted by Crippen LogP contribution is 2.30. The van der Waals surface area contributed by atoms with Crippen molar-refractivity contribution < 1.29 is 0 Å². The van der Waals surface area contributed by atoms with Gasteiger partial charge in [-0.2, -0.15) is 0 Å². The minimum absolute atomic E-state index is 0.526. The summed E-state index contributed by atoms with van der Waals surface area (Å²) in [7, 11) is 0. The highest BCUT2D eigenvalue weighted by Gasteiger charge is 2.22. The molecule has 0 bridgehead atoms. The topological polar surface area (TPSA) is 42.1 Å². The Balaban J connectivity index is 1.94. The van der Waals surface area contributed by atoms with Crippen LogP contribution >= 0.6 is 0 Å². The van der Waals surface area contributed by atoms with E-state index < -0.39 is 0 Å². The summed E-state index contributed by atoms with van der Waals surface area (Å²) in [6, 6.07) is 12.4. The minimum Gasteiger partial charge on any atom is -0.399 e. The molecular weight excluding hydrogens is 222 g/mol. The zero-order valence-electron chi connectivity index (χ0n) is 10.5. The van der Waals surface area contributed by atoms with Crippen molar-refractivity contribution in [1.82, 2.24) is 4.98 Å². The summed E-state index contributed by atoms with van der Waals surface area (Å²) in [5.41, 5.74) is 9.44. The molecule has 3 rings (SSSR count). The second-order valence-corrected chi connectivity index (χ2v) is 4.93. The van der Waals surface area contributed by atoms with E-state index in [1.165, 1.54) is 11.1 Å². The Morgan fingerprint density at radius 2 is 2.11 bits per heavy atom. The van der Waals surface area contributed by atoms with E-state index in [-0.39, 0.29) is 0 Å². The lowest BCUT2D eigenvalue weighted by Crippen LogP contribution is -2.33. The molecule has 0 fully saturated rings. The fraction of sp³-hybridized carbons (Fsp3) is 0.267. The Hall–Kier alpha value is -2.03. The highest BCUT2D eigenvalue weighted by atomic mass is 15.2. The van der Waals surface area contributed by atoms with Crippen LogP contribution in [0.2, 0.25) is 0 Å². The van der Waals surface area contributed by atoms with Gasteiger partial charge in [0.05, 0.1) is 0 Å². The lowest BCUT2D eigenvalue weighted by atomic mass is 9.91. The van der Waals surface area contributed by atoms with Gasteiger partial charge in [-0.1, -0.05) is 31.2 Å². The molecule has 92 valence electrons. The zero-order valence-corrected chi connectivity index (χ0v) is 10.5. The van der Waals surface area contributed by atoms with Crippen LogP contribution in [0.3, 0.4) is 0 Å². The molecule has 0 unspecified atom stereocenters. The van der Waals surface area contributed by atoms with Gasteiger partial charge in [-0.15, -0.1) is 0 Å². The third-order valence-corrected chi connectivity index (χ3v) is 3.54. The molecule has 2 N–H and O–H groups in total. The van der Waals surface area contributed by atoms with Gasteiger partial charge in [0.25, 0.3) is 0 Å². The summed E-state index contributed by atoms with van der Waals surface area (Å²) in [6.45, 7) is 4.17. The van der Waals surface area contributed by atoms with Crippen LogP contribution in [0, 0.1) is 0 Å². The normalized spacial score (nSPS) is 18.5. The number of hydrogen-bond donors (Lipinski definition) is 1. The van der Waals surface area contributed by atoms with Gasteiger partial charge in [0, 0.05) is 31.0 Å². The van der Waals surface area contributed by atoms with E-state index in [2.05, 4.69) is 41.1 Å². The molecule has 1 atom stereocenters. The molecule has 3 heteroatoms. The summed E-state index contributed by atoms with van der Waals surface area (Å²) < 4.78 is 0. The number of nitrogen functional groups attached to an aromatic ring is 1. The first kappa shape index (κ1) is 11.1. The Kier molecular flexibility index (Phi) is 2.67. The number of rotatable bonds is 1. The Morgan fingerprint density at radius 1 is 1.28 bits per heavy atom. The monoisotopic (exact) mass is 239 g/mol. The van der Waals surface area contributed by atoms with E-state index in [0.717, 1.165) is 24.6 Å². The maximum Gasteiger partial charge on any atom is 0.130 e. The van der Waals surface area contributed by atoms with Crippen LogP contribution in [0.15, 0.2) is 42.6 Å². The van der Waals surface area contributed by atoms with E-state index in [9.17, 15) is 0 Å². The van der Waals surface area contributed by atoms with Crippen molar-refractivity contribution in [3.8, 4) is 0 Å². The van der Waals surface area contributed by atoms with Crippen LogP contribution in [0.5, 0.6) is 0 Å². The minimum atomic E-state index is 0.526. The number of pyridine rings is 1. The zero-order chi connectivity index (χ0) is 12.5. The van der Waals surface area contributed by atoms with E-state index in [0.29, 0.717) is 5.92 Å². The maximum atomic E-state index is 5.83. The molecule has 18 heavy (non-hydrogen) atoms. The molecule has 2 aromatic rings. The molecule has 1 aromatic carbocycles. The number of anilines is 2. The molecular formula is C15H17N3. The third-order valence-electron chi connectivity index (χ3n) is 3.54. The lowest BCUT2D eigenvalue weighted by molar-refractivity contribution is 0.634. The van der Waals surface area contributed by atoms with Crippen molar-refractivity contribution in [2.75, 3.05) is 17.2 Å². The fourth-order valence-corrected chi connectivity index (χ4v) is 2.64. The standard InChI is InChI=1S/C15H17N3/c1-11-9-18(15-8-13(16)6-7-17-15)10-12-4-2-3-5-14(11)12/h2-8,11H,9-10H2,1H3,(H2,16,17)/t11-/m0/s1. The summed E-state index contributed by atoms with van der Waals surface area (Å²) >= 11 is 0. The van der Waals surface area contributed by atoms with Gasteiger partial charge in [0.1, 0.15) is 5.82 Å². The van der Waals surface area contributed by atoms with Gasteiger partial charge in [-0.25, -0.2) is 4.98 Å². The van der Waals surface area contributed by atoms with Crippen LogP contribution in [0.4, 0.5) is 11.5 Å². The first-order chi connectivity index (χ1) is 8.74. The molecule has 0 saturated heterocycles. The van der Waals surface area contributed by atoms with Crippen LogP contribution in [0.25, 0.3) is 0 Å². The number of fused-ring (bicyclic) bond motifs is 1. The number of nitrogens with zero attached hydrogens (tertiary/aromatic N) is 2. The Bertz CT molecular complexity index is 565. The predicted molar refractivity (Wildman–Crippen MR) is 74.6 cm³/mol. The molecule has 0 aliphatic carbocycles. The van der Waals surface area contributed by atoms with E-state index in [4.69, 9.17) is 5.73 Å². The SMILES string of the molecule is C[C@H]1CN(c2cc(N)ccn2)Cc2ccccc21. The van der Waals surface area contributed by atoms with E-state index >= 15 is 0 Å². The largest absolute Gasteiger partial charge is 0.399 e. The van der Waals surface area contributed by atoms with Crippen molar-refractivity contribution in [2.45, 2.75) is 19.4 Å². The van der Waals surface area contributed by atoms with Gasteiger partial charge in [0.2, 0.25) is 0 Å². The smallest absolute Gasteiger partial charge is 0.130 e. The summed E-state index contributed by atoms with van der Waals surface area (Å²) in [5, 5.41) is 0. The van der Waals surface area contributed by atoms with Crippen LogP contribution in [0.1, 0.15) is 24.0 Å². The second kappa shape index (κ2) is 4.33. The van der Waals surface area contributed by atoms with Crippen molar-refractivity contribution in [3.05, 3.63) is 53.7 Å². The molecule has 3 nitrogen and oxygen atoms in total. The van der Waals surface area contributed by atoms with Crippen LogP contribution in [-0.2, 0) is 6.54 Å². The molecule has 2 heterocycles. The van der Waals surface area contributed by atoms with Crippen molar-refractivity contribution in [1.29, 1.82) is 0 Å². The van der Waals surface area contributed by atoms with Crippen LogP contribution < -0.4 is 10.6 Å². The molecule has 0 saturated carbocycles. The van der Waals surface area contributed by atoms with Gasteiger partial charge in [-0.3, -0.25) is 0 Å². The van der Waals surface area contributed by atoms with Crippen molar-refractivity contribution in [2.24, 2.45) is 0 Å². The average Bonchev–Trinajstić information content (AvgIpc) is 2.39. The number of nitrogens with two attached hydrogens (primary N) is 1. The van der Waals surface area contributed by atoms with Gasteiger partial charge < -0.3 is 10.6 Å². The third kappa shape index (κ3) is 1.92. The second-order valence-electron chi connectivity index (χ2n) is 4.93. The van der Waals surface area contributed by atoms with Crippen LogP contribution in [-0.4, -0.2) is 11.5 Å². The molecule has 1 aliphatic heterocycles. The van der Waals surface area contributed by atoms with Gasteiger partial charge in [-0.05, 0) is 23.1 Å². The van der Waals surface area contributed by atoms with Crippen molar-refractivity contribution >= 4 is 11.5 Å². The molecule has 1 aromatic heterocycles. The summed E-state index contributed by atoms with van der Waals surface area (Å²) in [6.07, 6.45) is 1.77. The number of benzene rings is 1. The van der Waals surface area contributed by atoms with Gasteiger partial charge in [0.15, 0.2) is 0 Å². The fourth-order valence-electron chi connectivity index (χ4n) is 2.64. The summed E-state index contributed by atoms with van der Waals surface area (Å²) in [4.78, 5) is 6.71. The average molecular weight is 239 g/mol. The summed E-state index contributed by atoms with van der Waals surface area (Å²) in [5.74, 6) is 1.49. The molecule has 0 amide bonds. The predicted octanol–water partition coefficient (Wildman–Crippen LogP) is 2.79. The quantitative estimate of drug-likeness (QED) is 0.832. The maximum absolute atomic E-state index is 5.83. The molecule has 0 spiro atoms. The highest BCUT2D eigenvalue weighted by molar-refractivity contribution is 5.52.